The van der Waals surface area contributed by atoms with Gasteiger partial charge in [0.25, 0.3) is 0 Å². The van der Waals surface area contributed by atoms with Crippen LogP contribution < -0.4 is 10.6 Å². The molecule has 0 atom stereocenters. The lowest BCUT2D eigenvalue weighted by Gasteiger charge is -2.07. The van der Waals surface area contributed by atoms with Crippen LogP contribution in [-0.2, 0) is 6.54 Å². The van der Waals surface area contributed by atoms with Gasteiger partial charge in [-0.2, -0.15) is 0 Å². The zero-order valence-corrected chi connectivity index (χ0v) is 13.4. The Morgan fingerprint density at radius 2 is 1.75 bits per heavy atom. The number of aromatic nitrogens is 1. The molecule has 0 aliphatic heterocycles. The number of fused-ring (bicyclic) bond motifs is 1. The van der Waals surface area contributed by atoms with Crippen molar-refractivity contribution in [2.45, 2.75) is 20.4 Å². The highest BCUT2D eigenvalue weighted by molar-refractivity contribution is 6.38. The minimum atomic E-state index is 0.383. The highest BCUT2D eigenvalue weighted by Gasteiger charge is 2.01. The zero-order valence-electron chi connectivity index (χ0n) is 11.9. The van der Waals surface area contributed by atoms with Crippen molar-refractivity contribution >= 4 is 34.1 Å². The van der Waals surface area contributed by atoms with Crippen LogP contribution in [-0.4, -0.2) is 12.0 Å². The number of pyridine rings is 1. The Hall–Kier alpha value is -1.45. The molecule has 0 unspecified atom stereocenters. The summed E-state index contributed by atoms with van der Waals surface area (Å²) in [4.78, 5) is 4.53. The first-order chi connectivity index (χ1) is 9.70. The Bertz CT molecular complexity index is 582. The van der Waals surface area contributed by atoms with Crippen molar-refractivity contribution in [2.24, 2.45) is 0 Å². The van der Waals surface area contributed by atoms with Crippen LogP contribution >= 0.6 is 23.2 Å². The van der Waals surface area contributed by atoms with E-state index in [1.807, 2.05) is 50.2 Å². The normalized spacial score (nSPS) is 11.2. The fourth-order valence-electron chi connectivity index (χ4n) is 1.56. The monoisotopic (exact) mass is 311 g/mol. The molecule has 0 fully saturated rings. The van der Waals surface area contributed by atoms with Crippen molar-refractivity contribution in [3.8, 4) is 0 Å². The first kappa shape index (κ1) is 16.6. The van der Waals surface area contributed by atoms with Gasteiger partial charge < -0.3 is 10.6 Å². The van der Waals surface area contributed by atoms with E-state index in [4.69, 9.17) is 23.2 Å². The molecule has 20 heavy (non-hydrogen) atoms. The molecule has 1 aromatic heterocycles. The molecular weight excluding hydrogens is 293 g/mol. The Morgan fingerprint density at radius 1 is 1.05 bits per heavy atom. The molecule has 2 rings (SSSR count). The van der Waals surface area contributed by atoms with Crippen molar-refractivity contribution in [1.29, 1.82) is 0 Å². The van der Waals surface area contributed by atoms with E-state index < -0.39 is 0 Å². The molecular formula is C15H19Cl2N3. The van der Waals surface area contributed by atoms with Crippen LogP contribution in [0.25, 0.3) is 10.9 Å². The third-order valence-electron chi connectivity index (χ3n) is 2.49. The molecule has 5 heteroatoms. The zero-order chi connectivity index (χ0) is 15.0. The van der Waals surface area contributed by atoms with Gasteiger partial charge in [0.1, 0.15) is 10.3 Å². The average Bonchev–Trinajstić information content (AvgIpc) is 2.53. The van der Waals surface area contributed by atoms with Crippen molar-refractivity contribution in [3.05, 3.63) is 52.4 Å². The topological polar surface area (TPSA) is 37.0 Å². The second-order valence-corrected chi connectivity index (χ2v) is 4.48. The maximum atomic E-state index is 5.95. The van der Waals surface area contributed by atoms with Gasteiger partial charge in [0.15, 0.2) is 0 Å². The quantitative estimate of drug-likeness (QED) is 0.832. The van der Waals surface area contributed by atoms with E-state index in [-0.39, 0.29) is 0 Å². The summed E-state index contributed by atoms with van der Waals surface area (Å²) in [5.74, 6) is 0. The average molecular weight is 312 g/mol. The lowest BCUT2D eigenvalue weighted by atomic mass is 10.2. The van der Waals surface area contributed by atoms with Crippen molar-refractivity contribution in [3.63, 3.8) is 0 Å². The molecule has 0 radical (unpaired) electrons. The third-order valence-corrected chi connectivity index (χ3v) is 3.29. The first-order valence-electron chi connectivity index (χ1n) is 6.52. The smallest absolute Gasteiger partial charge is 0.138 e. The highest BCUT2D eigenvalue weighted by Crippen LogP contribution is 2.13. The summed E-state index contributed by atoms with van der Waals surface area (Å²) < 4.78 is 0. The molecule has 0 spiro atoms. The van der Waals surface area contributed by atoms with E-state index in [9.17, 15) is 0 Å². The van der Waals surface area contributed by atoms with E-state index in [0.717, 1.165) is 16.6 Å². The second kappa shape index (κ2) is 8.67. The fraction of sp³-hybridized carbons (Fsp3) is 0.267. The summed E-state index contributed by atoms with van der Waals surface area (Å²) in [6.45, 7) is 4.53. The van der Waals surface area contributed by atoms with Gasteiger partial charge in [-0.1, -0.05) is 61.3 Å². The van der Waals surface area contributed by atoms with Crippen LogP contribution in [0.5, 0.6) is 0 Å². The molecule has 2 N–H and O–H groups in total. The van der Waals surface area contributed by atoms with Gasteiger partial charge in [-0.15, -0.1) is 0 Å². The number of rotatable bonds is 4. The predicted octanol–water partition coefficient (Wildman–Crippen LogP) is 4.17. The molecule has 0 aliphatic rings. The molecule has 1 aromatic carbocycles. The maximum Gasteiger partial charge on any atom is 0.138 e. The molecule has 0 saturated carbocycles. The Labute approximate surface area is 130 Å². The number of hydrogen-bond acceptors (Lipinski definition) is 3. The van der Waals surface area contributed by atoms with Gasteiger partial charge in [-0.25, -0.2) is 0 Å². The number of nitrogens with one attached hydrogen (secondary N) is 2. The third kappa shape index (κ3) is 4.58. The van der Waals surface area contributed by atoms with Gasteiger partial charge >= 0.3 is 0 Å². The summed E-state index contributed by atoms with van der Waals surface area (Å²) in [5, 5.41) is 7.65. The minimum absolute atomic E-state index is 0.383. The standard InChI is InChI=1S/C13H13Cl2N3.C2H6/c1-16-12(14)13(15)17-8-10-7-6-9-4-2-3-5-11(9)18-10;1-2/h2-7,16-17H,8H2,1H3;1-2H3/b13-12-;. The number of halogens is 2. The second-order valence-electron chi connectivity index (χ2n) is 3.73. The number of nitrogens with zero attached hydrogens (tertiary/aromatic N) is 1. The molecule has 3 nitrogen and oxygen atoms in total. The van der Waals surface area contributed by atoms with Crippen molar-refractivity contribution in [2.75, 3.05) is 7.05 Å². The van der Waals surface area contributed by atoms with Gasteiger partial charge in [0, 0.05) is 12.4 Å². The summed E-state index contributed by atoms with van der Waals surface area (Å²) in [6.07, 6.45) is 0. The van der Waals surface area contributed by atoms with Crippen LogP contribution in [0.3, 0.4) is 0 Å². The van der Waals surface area contributed by atoms with E-state index in [1.165, 1.54) is 0 Å². The van der Waals surface area contributed by atoms with Gasteiger partial charge in [0.2, 0.25) is 0 Å². The van der Waals surface area contributed by atoms with Crippen LogP contribution in [0.2, 0.25) is 0 Å². The van der Waals surface area contributed by atoms with Gasteiger partial charge in [-0.05, 0) is 12.1 Å². The molecule has 2 aromatic rings. The van der Waals surface area contributed by atoms with E-state index in [2.05, 4.69) is 15.6 Å². The van der Waals surface area contributed by atoms with E-state index >= 15 is 0 Å². The lowest BCUT2D eigenvalue weighted by molar-refractivity contribution is 0.814. The first-order valence-corrected chi connectivity index (χ1v) is 7.28. The van der Waals surface area contributed by atoms with Crippen LogP contribution in [0, 0.1) is 0 Å². The summed E-state index contributed by atoms with van der Waals surface area (Å²) >= 11 is 11.8. The van der Waals surface area contributed by atoms with E-state index in [0.29, 0.717) is 16.9 Å². The minimum Gasteiger partial charge on any atom is -0.376 e. The number of hydrogen-bond donors (Lipinski definition) is 2. The fourth-order valence-corrected chi connectivity index (χ4v) is 1.79. The molecule has 0 saturated heterocycles. The molecule has 108 valence electrons. The van der Waals surface area contributed by atoms with Crippen LogP contribution in [0.15, 0.2) is 46.7 Å². The number of para-hydroxylation sites is 1. The van der Waals surface area contributed by atoms with Crippen molar-refractivity contribution in [1.82, 2.24) is 15.6 Å². The summed E-state index contributed by atoms with van der Waals surface area (Å²) in [7, 11) is 1.71. The Kier molecular flexibility index (Phi) is 7.20. The van der Waals surface area contributed by atoms with Crippen molar-refractivity contribution < 1.29 is 0 Å². The molecule has 0 amide bonds. The van der Waals surface area contributed by atoms with E-state index in [1.54, 1.807) is 7.05 Å². The molecule has 1 heterocycles. The SMILES string of the molecule is CC.CN/C(Cl)=C(/Cl)NCc1ccc2ccccc2n1. The Balaban J connectivity index is 0.000000956. The lowest BCUT2D eigenvalue weighted by Crippen LogP contribution is -2.15. The van der Waals surface area contributed by atoms with Gasteiger partial charge in [0.05, 0.1) is 17.8 Å². The highest BCUT2D eigenvalue weighted by atomic mass is 35.5. The maximum absolute atomic E-state index is 5.95. The van der Waals surface area contributed by atoms with Crippen LogP contribution in [0.1, 0.15) is 19.5 Å². The van der Waals surface area contributed by atoms with Gasteiger partial charge in [-0.3, -0.25) is 4.98 Å². The Morgan fingerprint density at radius 3 is 2.45 bits per heavy atom. The summed E-state index contributed by atoms with van der Waals surface area (Å²) in [6, 6.07) is 12.0. The number of benzene rings is 1. The molecule has 0 aliphatic carbocycles. The molecule has 0 bridgehead atoms. The predicted molar refractivity (Wildman–Crippen MR) is 87.7 cm³/mol. The summed E-state index contributed by atoms with van der Waals surface area (Å²) in [5.41, 5.74) is 1.88. The largest absolute Gasteiger partial charge is 0.376 e. The van der Waals surface area contributed by atoms with Crippen LogP contribution in [0.4, 0.5) is 0 Å².